The molecule has 1 N–H and O–H groups in total. The molecule has 0 spiro atoms. The van der Waals surface area contributed by atoms with E-state index in [4.69, 9.17) is 14.9 Å². The largest absolute Gasteiger partial charge is 0.493 e. The maximum absolute atomic E-state index is 7.16. The first-order valence-corrected chi connectivity index (χ1v) is 5.13. The van der Waals surface area contributed by atoms with Crippen molar-refractivity contribution in [1.29, 1.82) is 5.41 Å². The van der Waals surface area contributed by atoms with Gasteiger partial charge in [-0.15, -0.1) is 0 Å². The van der Waals surface area contributed by atoms with E-state index in [2.05, 4.69) is 6.92 Å². The summed E-state index contributed by atoms with van der Waals surface area (Å²) < 4.78 is 10.8. The van der Waals surface area contributed by atoms with Crippen LogP contribution < -0.4 is 9.47 Å². The van der Waals surface area contributed by atoms with Crippen LogP contribution in [0.1, 0.15) is 25.3 Å². The molecule has 1 rings (SSSR count). The molecule has 0 aliphatic heterocycles. The smallest absolute Gasteiger partial charge is 0.161 e. The Hall–Kier alpha value is -1.51. The van der Waals surface area contributed by atoms with E-state index in [0.29, 0.717) is 12.4 Å². The molecule has 15 heavy (non-hydrogen) atoms. The summed E-state index contributed by atoms with van der Waals surface area (Å²) in [5, 5.41) is 7.16. The van der Waals surface area contributed by atoms with Gasteiger partial charge in [-0.05, 0) is 30.2 Å². The molecule has 1 aromatic carbocycles. The molecule has 0 fully saturated rings. The third-order valence-electron chi connectivity index (χ3n) is 2.11. The van der Waals surface area contributed by atoms with Crippen LogP contribution in [0.15, 0.2) is 18.2 Å². The van der Waals surface area contributed by atoms with Gasteiger partial charge in [0.2, 0.25) is 0 Å². The summed E-state index contributed by atoms with van der Waals surface area (Å²) in [5.74, 6) is 1.43. The van der Waals surface area contributed by atoms with Crippen molar-refractivity contribution in [2.45, 2.75) is 19.8 Å². The highest BCUT2D eigenvalue weighted by molar-refractivity contribution is 5.78. The molecule has 0 heterocycles. The first kappa shape index (κ1) is 11.6. The van der Waals surface area contributed by atoms with E-state index in [1.54, 1.807) is 7.11 Å². The van der Waals surface area contributed by atoms with Gasteiger partial charge < -0.3 is 14.9 Å². The zero-order valence-corrected chi connectivity index (χ0v) is 9.25. The summed E-state index contributed by atoms with van der Waals surface area (Å²) in [5.41, 5.74) is 0.822. The van der Waals surface area contributed by atoms with Gasteiger partial charge in [0.1, 0.15) is 0 Å². The van der Waals surface area contributed by atoms with E-state index in [1.165, 1.54) is 6.21 Å². The Labute approximate surface area is 90.5 Å². The number of hydrogen-bond donors (Lipinski definition) is 1. The molecule has 0 aliphatic carbocycles. The quantitative estimate of drug-likeness (QED) is 0.575. The molecule has 1 aromatic rings. The molecular weight excluding hydrogens is 190 g/mol. The fraction of sp³-hybridized carbons (Fsp3) is 0.417. The van der Waals surface area contributed by atoms with Gasteiger partial charge in [0.15, 0.2) is 11.5 Å². The summed E-state index contributed by atoms with van der Waals surface area (Å²) in [4.78, 5) is 0. The normalized spacial score (nSPS) is 9.73. The zero-order valence-electron chi connectivity index (χ0n) is 9.25. The molecule has 0 bridgehead atoms. The minimum atomic E-state index is 0.689. The zero-order chi connectivity index (χ0) is 11.1. The summed E-state index contributed by atoms with van der Waals surface area (Å²) in [7, 11) is 1.62. The number of hydrogen-bond acceptors (Lipinski definition) is 3. The van der Waals surface area contributed by atoms with Gasteiger partial charge in [0, 0.05) is 6.21 Å². The van der Waals surface area contributed by atoms with Gasteiger partial charge in [-0.2, -0.15) is 0 Å². The lowest BCUT2D eigenvalue weighted by atomic mass is 10.2. The lowest BCUT2D eigenvalue weighted by Crippen LogP contribution is -1.99. The van der Waals surface area contributed by atoms with E-state index in [1.807, 2.05) is 18.2 Å². The molecule has 0 aromatic heterocycles. The fourth-order valence-corrected chi connectivity index (χ4v) is 1.22. The maximum Gasteiger partial charge on any atom is 0.161 e. The first-order valence-electron chi connectivity index (χ1n) is 5.13. The van der Waals surface area contributed by atoms with Crippen molar-refractivity contribution < 1.29 is 9.47 Å². The third-order valence-corrected chi connectivity index (χ3v) is 2.11. The number of benzene rings is 1. The molecule has 0 amide bonds. The highest BCUT2D eigenvalue weighted by Gasteiger charge is 2.04. The number of ether oxygens (including phenoxy) is 2. The van der Waals surface area contributed by atoms with Gasteiger partial charge in [-0.3, -0.25) is 0 Å². The summed E-state index contributed by atoms with van der Waals surface area (Å²) >= 11 is 0. The average molecular weight is 207 g/mol. The van der Waals surface area contributed by atoms with Gasteiger partial charge >= 0.3 is 0 Å². The van der Waals surface area contributed by atoms with Crippen LogP contribution in [0.5, 0.6) is 11.5 Å². The van der Waals surface area contributed by atoms with E-state index in [9.17, 15) is 0 Å². The lowest BCUT2D eigenvalue weighted by molar-refractivity contribution is 0.288. The van der Waals surface area contributed by atoms with Crippen LogP contribution in [0.2, 0.25) is 0 Å². The molecule has 0 saturated carbocycles. The Morgan fingerprint density at radius 3 is 2.73 bits per heavy atom. The van der Waals surface area contributed by atoms with Crippen molar-refractivity contribution >= 4 is 6.21 Å². The summed E-state index contributed by atoms with van der Waals surface area (Å²) in [6, 6.07) is 5.47. The second-order valence-electron chi connectivity index (χ2n) is 3.26. The molecule has 3 nitrogen and oxygen atoms in total. The second kappa shape index (κ2) is 6.06. The van der Waals surface area contributed by atoms with Crippen LogP contribution in [-0.2, 0) is 0 Å². The van der Waals surface area contributed by atoms with Crippen molar-refractivity contribution in [3.05, 3.63) is 23.8 Å². The summed E-state index contributed by atoms with van der Waals surface area (Å²) in [6.45, 7) is 2.81. The van der Waals surface area contributed by atoms with Crippen LogP contribution in [0.4, 0.5) is 0 Å². The minimum Gasteiger partial charge on any atom is -0.493 e. The fourth-order valence-electron chi connectivity index (χ4n) is 1.22. The van der Waals surface area contributed by atoms with Gasteiger partial charge in [0.25, 0.3) is 0 Å². The number of rotatable bonds is 6. The molecule has 3 heteroatoms. The topological polar surface area (TPSA) is 42.3 Å². The van der Waals surface area contributed by atoms with Crippen LogP contribution in [0.25, 0.3) is 0 Å². The van der Waals surface area contributed by atoms with Crippen molar-refractivity contribution in [2.24, 2.45) is 0 Å². The number of nitrogens with one attached hydrogen (secondary N) is 1. The van der Waals surface area contributed by atoms with Crippen LogP contribution in [0, 0.1) is 5.41 Å². The Morgan fingerprint density at radius 1 is 1.33 bits per heavy atom. The predicted molar refractivity (Wildman–Crippen MR) is 61.3 cm³/mol. The van der Waals surface area contributed by atoms with Crippen LogP contribution in [0.3, 0.4) is 0 Å². The van der Waals surface area contributed by atoms with Crippen molar-refractivity contribution in [1.82, 2.24) is 0 Å². The molecule has 0 aliphatic rings. The molecule has 0 radical (unpaired) electrons. The van der Waals surface area contributed by atoms with E-state index >= 15 is 0 Å². The Morgan fingerprint density at radius 2 is 2.13 bits per heavy atom. The van der Waals surface area contributed by atoms with Gasteiger partial charge in [-0.25, -0.2) is 0 Å². The Kier molecular flexibility index (Phi) is 4.68. The van der Waals surface area contributed by atoms with E-state index in [-0.39, 0.29) is 0 Å². The monoisotopic (exact) mass is 207 g/mol. The molecule has 0 unspecified atom stereocenters. The predicted octanol–water partition coefficient (Wildman–Crippen LogP) is 2.87. The van der Waals surface area contributed by atoms with Crippen molar-refractivity contribution in [3.8, 4) is 11.5 Å². The highest BCUT2D eigenvalue weighted by Crippen LogP contribution is 2.27. The lowest BCUT2D eigenvalue weighted by Gasteiger charge is -2.10. The van der Waals surface area contributed by atoms with Crippen molar-refractivity contribution in [3.63, 3.8) is 0 Å². The summed E-state index contributed by atoms with van der Waals surface area (Å²) in [6.07, 6.45) is 3.43. The van der Waals surface area contributed by atoms with E-state index < -0.39 is 0 Å². The third kappa shape index (κ3) is 3.27. The highest BCUT2D eigenvalue weighted by atomic mass is 16.5. The standard InChI is InChI=1S/C12H17NO2/c1-3-4-7-15-12-8-10(9-13)5-6-11(12)14-2/h5-6,8-9,13H,3-4,7H2,1-2H3. The van der Waals surface area contributed by atoms with Gasteiger partial charge in [0.05, 0.1) is 13.7 Å². The average Bonchev–Trinajstić information content (AvgIpc) is 2.29. The first-order chi connectivity index (χ1) is 7.31. The van der Waals surface area contributed by atoms with Gasteiger partial charge in [-0.1, -0.05) is 13.3 Å². The number of unbranched alkanes of at least 4 members (excludes halogenated alkanes) is 1. The van der Waals surface area contributed by atoms with Crippen molar-refractivity contribution in [2.75, 3.05) is 13.7 Å². The van der Waals surface area contributed by atoms with E-state index in [0.717, 1.165) is 24.2 Å². The minimum absolute atomic E-state index is 0.689. The molecule has 0 saturated heterocycles. The Bertz CT molecular complexity index is 323. The second-order valence-corrected chi connectivity index (χ2v) is 3.26. The van der Waals surface area contributed by atoms with Crippen LogP contribution in [-0.4, -0.2) is 19.9 Å². The number of methoxy groups -OCH3 is 1. The molecular formula is C12H17NO2. The maximum atomic E-state index is 7.16. The molecule has 0 atom stereocenters. The SMILES string of the molecule is CCCCOc1cc(C=N)ccc1OC. The Balaban J connectivity index is 2.76. The van der Waals surface area contributed by atoms with Crippen LogP contribution >= 0.6 is 0 Å². The molecule has 82 valence electrons.